The zero-order valence-electron chi connectivity index (χ0n) is 24.9. The molecule has 0 spiro atoms. The molecular formula is C34H34FeO8. The summed E-state index contributed by atoms with van der Waals surface area (Å²) in [5.74, 6) is 2.28. The Labute approximate surface area is 263 Å². The standard InChI is InChI=1S/2C17H18O4.Fe/c2*1-19-15-11-9-13(16(20-2)17(15)21-3)14(18)10-8-12-6-4-5-7-12;/h2*4-11,18H,1-3H3;/q;;+2/p-2. The van der Waals surface area contributed by atoms with Crippen molar-refractivity contribution in [1.82, 2.24) is 0 Å². The van der Waals surface area contributed by atoms with Gasteiger partial charge in [0.05, 0.1) is 42.7 Å². The van der Waals surface area contributed by atoms with E-state index in [1.165, 1.54) is 54.8 Å². The Morgan fingerprint density at radius 1 is 0.488 bits per heavy atom. The SMILES string of the molecule is COc1ccc(C([O-])=CC=C2C=CC=C2)c(OC)c1OC.COc1ccc(C([O-])=CC=C2C=CC=C2)c(OC)c1OC.[Fe+2]. The van der Waals surface area contributed by atoms with Crippen molar-refractivity contribution in [3.8, 4) is 34.5 Å². The summed E-state index contributed by atoms with van der Waals surface area (Å²) in [7, 11) is 9.08. The molecule has 0 unspecified atom stereocenters. The number of hydrogen-bond donors (Lipinski definition) is 0. The van der Waals surface area contributed by atoms with Crippen LogP contribution in [0.1, 0.15) is 11.1 Å². The minimum absolute atomic E-state index is 0. The van der Waals surface area contributed by atoms with Gasteiger partial charge in [0.15, 0.2) is 23.0 Å². The molecule has 2 aromatic rings. The minimum Gasteiger partial charge on any atom is -0.872 e. The summed E-state index contributed by atoms with van der Waals surface area (Å²) in [5, 5.41) is 24.6. The normalized spacial score (nSPS) is 13.2. The van der Waals surface area contributed by atoms with E-state index in [9.17, 15) is 10.2 Å². The molecule has 43 heavy (non-hydrogen) atoms. The molecule has 0 aromatic heterocycles. The molecule has 9 heteroatoms. The van der Waals surface area contributed by atoms with Crippen LogP contribution >= 0.6 is 0 Å². The Morgan fingerprint density at radius 3 is 1.09 bits per heavy atom. The van der Waals surface area contributed by atoms with Crippen molar-refractivity contribution >= 4 is 11.5 Å². The zero-order valence-corrected chi connectivity index (χ0v) is 26.0. The third kappa shape index (κ3) is 8.64. The predicted octanol–water partition coefficient (Wildman–Crippen LogP) is 4.93. The molecule has 226 valence electrons. The zero-order chi connectivity index (χ0) is 30.5. The van der Waals surface area contributed by atoms with Gasteiger partial charge in [0.25, 0.3) is 0 Å². The molecule has 0 saturated heterocycles. The van der Waals surface area contributed by atoms with Crippen LogP contribution in [0.3, 0.4) is 0 Å². The van der Waals surface area contributed by atoms with E-state index in [0.717, 1.165) is 11.1 Å². The fourth-order valence-corrected chi connectivity index (χ4v) is 4.11. The molecule has 0 bridgehead atoms. The van der Waals surface area contributed by atoms with Crippen molar-refractivity contribution in [3.63, 3.8) is 0 Å². The van der Waals surface area contributed by atoms with Crippen molar-refractivity contribution in [1.29, 1.82) is 0 Å². The molecule has 2 aliphatic carbocycles. The molecule has 0 fully saturated rings. The predicted molar refractivity (Wildman–Crippen MR) is 161 cm³/mol. The average Bonchev–Trinajstić information content (AvgIpc) is 3.76. The van der Waals surface area contributed by atoms with Crippen molar-refractivity contribution in [2.45, 2.75) is 0 Å². The van der Waals surface area contributed by atoms with Gasteiger partial charge in [0, 0.05) is 11.1 Å². The molecule has 2 aliphatic rings. The Morgan fingerprint density at radius 2 is 0.814 bits per heavy atom. The molecule has 0 atom stereocenters. The van der Waals surface area contributed by atoms with Gasteiger partial charge in [-0.05, 0) is 35.4 Å². The maximum atomic E-state index is 12.3. The van der Waals surface area contributed by atoms with Gasteiger partial charge in [-0.2, -0.15) is 0 Å². The van der Waals surface area contributed by atoms with E-state index < -0.39 is 0 Å². The van der Waals surface area contributed by atoms with Crippen LogP contribution < -0.4 is 38.6 Å². The summed E-state index contributed by atoms with van der Waals surface area (Å²) < 4.78 is 31.6. The summed E-state index contributed by atoms with van der Waals surface area (Å²) >= 11 is 0. The van der Waals surface area contributed by atoms with Gasteiger partial charge in [-0.15, -0.1) is 0 Å². The summed E-state index contributed by atoms with van der Waals surface area (Å²) in [6.45, 7) is 0. The molecule has 8 nitrogen and oxygen atoms in total. The van der Waals surface area contributed by atoms with Crippen LogP contribution in [0, 0.1) is 0 Å². The molecule has 0 aliphatic heterocycles. The first kappa shape index (κ1) is 34.5. The van der Waals surface area contributed by atoms with Gasteiger partial charge in [0.1, 0.15) is 0 Å². The third-order valence-corrected chi connectivity index (χ3v) is 6.17. The van der Waals surface area contributed by atoms with Crippen LogP contribution in [0.15, 0.2) is 108 Å². The quantitative estimate of drug-likeness (QED) is 0.271. The van der Waals surface area contributed by atoms with E-state index in [1.54, 1.807) is 36.4 Å². The van der Waals surface area contributed by atoms with E-state index in [2.05, 4.69) is 0 Å². The van der Waals surface area contributed by atoms with Gasteiger partial charge in [0.2, 0.25) is 11.5 Å². The van der Waals surface area contributed by atoms with Crippen LogP contribution in [0.4, 0.5) is 0 Å². The molecule has 0 saturated carbocycles. The number of benzene rings is 2. The van der Waals surface area contributed by atoms with Crippen molar-refractivity contribution in [2.75, 3.05) is 42.7 Å². The molecule has 4 rings (SSSR count). The van der Waals surface area contributed by atoms with Crippen molar-refractivity contribution in [2.24, 2.45) is 0 Å². The first-order valence-electron chi connectivity index (χ1n) is 12.9. The smallest absolute Gasteiger partial charge is 0.872 e. The van der Waals surface area contributed by atoms with Gasteiger partial charge < -0.3 is 38.6 Å². The van der Waals surface area contributed by atoms with E-state index in [4.69, 9.17) is 28.4 Å². The van der Waals surface area contributed by atoms with Crippen LogP contribution in [-0.4, -0.2) is 42.7 Å². The van der Waals surface area contributed by atoms with Gasteiger partial charge in [-0.1, -0.05) is 84.4 Å². The summed E-state index contributed by atoms with van der Waals surface area (Å²) in [6, 6.07) is 6.70. The fraction of sp³-hybridized carbons (Fsp3) is 0.176. The van der Waals surface area contributed by atoms with Crippen LogP contribution in [0.25, 0.3) is 11.5 Å². The fourth-order valence-electron chi connectivity index (χ4n) is 4.11. The number of hydrogen-bond acceptors (Lipinski definition) is 8. The summed E-state index contributed by atoms with van der Waals surface area (Å²) in [5.41, 5.74) is 2.81. The molecule has 0 heterocycles. The molecule has 0 amide bonds. The third-order valence-electron chi connectivity index (χ3n) is 6.17. The second-order valence-corrected chi connectivity index (χ2v) is 8.60. The van der Waals surface area contributed by atoms with Gasteiger partial charge >= 0.3 is 17.1 Å². The summed E-state index contributed by atoms with van der Waals surface area (Å²) in [4.78, 5) is 0. The van der Waals surface area contributed by atoms with Crippen molar-refractivity contribution < 1.29 is 55.7 Å². The average molecular weight is 626 g/mol. The van der Waals surface area contributed by atoms with Crippen LogP contribution in [0.5, 0.6) is 34.5 Å². The molecule has 0 radical (unpaired) electrons. The number of ether oxygens (including phenoxy) is 6. The van der Waals surface area contributed by atoms with Crippen LogP contribution in [-0.2, 0) is 17.1 Å². The topological polar surface area (TPSA) is 102 Å². The Balaban J connectivity index is 0.000000293. The minimum atomic E-state index is -0.158. The van der Waals surface area contributed by atoms with Gasteiger partial charge in [-0.3, -0.25) is 0 Å². The Bertz CT molecular complexity index is 1370. The summed E-state index contributed by atoms with van der Waals surface area (Å²) in [6.07, 6.45) is 21.9. The second-order valence-electron chi connectivity index (χ2n) is 8.60. The van der Waals surface area contributed by atoms with E-state index in [0.29, 0.717) is 45.6 Å². The maximum Gasteiger partial charge on any atom is 2.00 e. The molecular weight excluding hydrogens is 592 g/mol. The molecule has 0 N–H and O–H groups in total. The van der Waals surface area contributed by atoms with Crippen molar-refractivity contribution in [3.05, 3.63) is 119 Å². The first-order valence-corrected chi connectivity index (χ1v) is 12.9. The Kier molecular flexibility index (Phi) is 13.9. The van der Waals surface area contributed by atoms with Gasteiger partial charge in [-0.25, -0.2) is 0 Å². The number of allylic oxidation sites excluding steroid dienone is 14. The van der Waals surface area contributed by atoms with E-state index >= 15 is 0 Å². The van der Waals surface area contributed by atoms with E-state index in [-0.39, 0.29) is 28.6 Å². The largest absolute Gasteiger partial charge is 2.00 e. The second kappa shape index (κ2) is 17.3. The maximum absolute atomic E-state index is 12.3. The van der Waals surface area contributed by atoms with E-state index in [1.807, 2.05) is 48.6 Å². The number of rotatable bonds is 10. The Hall–Kier alpha value is -4.72. The first-order chi connectivity index (χ1) is 20.4. The van der Waals surface area contributed by atoms with Crippen LogP contribution in [0.2, 0.25) is 0 Å². The number of methoxy groups -OCH3 is 6. The monoisotopic (exact) mass is 626 g/mol. The molecule has 2 aromatic carbocycles.